The molecule has 0 fully saturated rings. The van der Waals surface area contributed by atoms with E-state index in [-0.39, 0.29) is 0 Å². The Bertz CT molecular complexity index is 625. The number of aromatic nitrogens is 2. The third kappa shape index (κ3) is 1.97. The Balaban J connectivity index is 2.04. The highest BCUT2D eigenvalue weighted by Crippen LogP contribution is 2.19. The van der Waals surface area contributed by atoms with Crippen molar-refractivity contribution in [2.45, 2.75) is 13.1 Å². The maximum absolute atomic E-state index is 5.68. The maximum atomic E-state index is 5.68. The number of rotatable bonds is 3. The Morgan fingerprint density at radius 1 is 1.29 bits per heavy atom. The van der Waals surface area contributed by atoms with Gasteiger partial charge in [-0.05, 0) is 23.1 Å². The molecule has 3 aromatic rings. The Morgan fingerprint density at radius 3 is 3.00 bits per heavy atom. The number of nitrogens with two attached hydrogens (primary N) is 1. The molecule has 0 aliphatic rings. The van der Waals surface area contributed by atoms with Crippen LogP contribution in [-0.2, 0) is 13.1 Å². The van der Waals surface area contributed by atoms with Gasteiger partial charge in [0.15, 0.2) is 0 Å². The van der Waals surface area contributed by atoms with Gasteiger partial charge in [-0.2, -0.15) is 0 Å². The maximum Gasteiger partial charge on any atom is 0.0795 e. The van der Waals surface area contributed by atoms with Crippen molar-refractivity contribution in [1.82, 2.24) is 9.55 Å². The molecular formula is C13H13N3S. The fraction of sp³-hybridized carbons (Fsp3) is 0.154. The van der Waals surface area contributed by atoms with Gasteiger partial charge in [0.05, 0.1) is 17.7 Å². The third-order valence-corrected chi connectivity index (χ3v) is 3.53. The summed E-state index contributed by atoms with van der Waals surface area (Å²) in [5, 5.41) is 3.33. The zero-order chi connectivity index (χ0) is 11.7. The van der Waals surface area contributed by atoms with Gasteiger partial charge in [-0.25, -0.2) is 4.98 Å². The number of hydrogen-bond donors (Lipinski definition) is 1. The Morgan fingerprint density at radius 2 is 2.24 bits per heavy atom. The summed E-state index contributed by atoms with van der Waals surface area (Å²) >= 11 is 1.63. The number of fused-ring (bicyclic) bond motifs is 1. The fourth-order valence-electron chi connectivity index (χ4n) is 1.98. The van der Waals surface area contributed by atoms with Crippen molar-refractivity contribution in [2.24, 2.45) is 5.73 Å². The molecule has 2 aromatic heterocycles. The summed E-state index contributed by atoms with van der Waals surface area (Å²) < 4.78 is 2.21. The van der Waals surface area contributed by atoms with Crippen molar-refractivity contribution in [3.05, 3.63) is 52.6 Å². The van der Waals surface area contributed by atoms with E-state index in [1.165, 1.54) is 10.9 Å². The summed E-state index contributed by atoms with van der Waals surface area (Å²) in [4.78, 5) is 4.31. The van der Waals surface area contributed by atoms with E-state index >= 15 is 0 Å². The van der Waals surface area contributed by atoms with Gasteiger partial charge in [0.25, 0.3) is 0 Å². The van der Waals surface area contributed by atoms with Crippen LogP contribution >= 0.6 is 11.3 Å². The molecule has 0 aliphatic carbocycles. The van der Waals surface area contributed by atoms with Crippen molar-refractivity contribution in [3.63, 3.8) is 0 Å². The topological polar surface area (TPSA) is 43.8 Å². The lowest BCUT2D eigenvalue weighted by molar-refractivity contribution is 0.814. The summed E-state index contributed by atoms with van der Waals surface area (Å²) in [6, 6.07) is 8.48. The van der Waals surface area contributed by atoms with Gasteiger partial charge in [-0.1, -0.05) is 12.1 Å². The monoisotopic (exact) mass is 243 g/mol. The van der Waals surface area contributed by atoms with Gasteiger partial charge < -0.3 is 10.3 Å². The van der Waals surface area contributed by atoms with E-state index < -0.39 is 0 Å². The molecule has 0 radical (unpaired) electrons. The van der Waals surface area contributed by atoms with E-state index in [4.69, 9.17) is 5.73 Å². The van der Waals surface area contributed by atoms with Crippen molar-refractivity contribution in [3.8, 4) is 0 Å². The quantitative estimate of drug-likeness (QED) is 0.768. The fourth-order valence-corrected chi connectivity index (χ4v) is 2.53. The van der Waals surface area contributed by atoms with E-state index in [2.05, 4.69) is 45.4 Å². The number of thiazole rings is 1. The first-order chi connectivity index (χ1) is 8.36. The van der Waals surface area contributed by atoms with Crippen LogP contribution in [0.25, 0.3) is 10.9 Å². The summed E-state index contributed by atoms with van der Waals surface area (Å²) in [5.41, 5.74) is 11.0. The molecule has 0 spiro atoms. The van der Waals surface area contributed by atoms with E-state index in [0.717, 1.165) is 17.8 Å². The summed E-state index contributed by atoms with van der Waals surface area (Å²) in [6.07, 6.45) is 2.10. The van der Waals surface area contributed by atoms with Crippen LogP contribution in [-0.4, -0.2) is 9.55 Å². The molecule has 0 unspecified atom stereocenters. The lowest BCUT2D eigenvalue weighted by Gasteiger charge is -2.04. The molecule has 1 aromatic carbocycles. The summed E-state index contributed by atoms with van der Waals surface area (Å²) in [7, 11) is 0. The molecule has 3 nitrogen and oxygen atoms in total. The average molecular weight is 243 g/mol. The number of hydrogen-bond acceptors (Lipinski definition) is 3. The van der Waals surface area contributed by atoms with Crippen molar-refractivity contribution >= 4 is 22.2 Å². The molecule has 0 aliphatic heterocycles. The molecule has 2 heterocycles. The smallest absolute Gasteiger partial charge is 0.0795 e. The predicted molar refractivity (Wildman–Crippen MR) is 71.0 cm³/mol. The standard InChI is InChI=1S/C13H13N3S/c14-6-10-1-2-11-3-4-16(13(11)5-10)7-12-8-17-9-15-12/h1-5,8-9H,6-7,14H2. The Kier molecular flexibility index (Phi) is 2.66. The Hall–Kier alpha value is -1.65. The molecule has 0 bridgehead atoms. The van der Waals surface area contributed by atoms with Crippen LogP contribution in [0.1, 0.15) is 11.3 Å². The van der Waals surface area contributed by atoms with E-state index in [9.17, 15) is 0 Å². The van der Waals surface area contributed by atoms with E-state index in [1.54, 1.807) is 11.3 Å². The zero-order valence-corrected chi connectivity index (χ0v) is 10.2. The van der Waals surface area contributed by atoms with Gasteiger partial charge in [0, 0.05) is 23.6 Å². The first-order valence-electron chi connectivity index (χ1n) is 5.52. The Labute approximate surface area is 104 Å². The van der Waals surface area contributed by atoms with Crippen LogP contribution < -0.4 is 5.73 Å². The molecule has 0 saturated carbocycles. The second kappa shape index (κ2) is 4.31. The zero-order valence-electron chi connectivity index (χ0n) is 9.34. The van der Waals surface area contributed by atoms with Crippen molar-refractivity contribution in [2.75, 3.05) is 0 Å². The highest BCUT2D eigenvalue weighted by molar-refractivity contribution is 7.07. The van der Waals surface area contributed by atoms with Gasteiger partial charge >= 0.3 is 0 Å². The third-order valence-electron chi connectivity index (χ3n) is 2.89. The van der Waals surface area contributed by atoms with Crippen LogP contribution in [0, 0.1) is 0 Å². The average Bonchev–Trinajstić information content (AvgIpc) is 2.99. The van der Waals surface area contributed by atoms with Gasteiger partial charge in [-0.15, -0.1) is 11.3 Å². The molecular weight excluding hydrogens is 230 g/mol. The largest absolute Gasteiger partial charge is 0.341 e. The lowest BCUT2D eigenvalue weighted by Crippen LogP contribution is -2.00. The number of nitrogens with zero attached hydrogens (tertiary/aromatic N) is 2. The lowest BCUT2D eigenvalue weighted by atomic mass is 10.1. The SMILES string of the molecule is NCc1ccc2ccn(Cc3cscn3)c2c1. The van der Waals surface area contributed by atoms with E-state index in [1.807, 2.05) is 5.51 Å². The highest BCUT2D eigenvalue weighted by atomic mass is 32.1. The summed E-state index contributed by atoms with van der Waals surface area (Å²) in [5.74, 6) is 0. The first-order valence-corrected chi connectivity index (χ1v) is 6.46. The second-order valence-electron chi connectivity index (χ2n) is 4.02. The predicted octanol–water partition coefficient (Wildman–Crippen LogP) is 2.60. The minimum Gasteiger partial charge on any atom is -0.341 e. The second-order valence-corrected chi connectivity index (χ2v) is 4.74. The minimum atomic E-state index is 0.581. The van der Waals surface area contributed by atoms with Crippen LogP contribution in [0.3, 0.4) is 0 Å². The van der Waals surface area contributed by atoms with Crippen molar-refractivity contribution < 1.29 is 0 Å². The molecule has 0 atom stereocenters. The van der Waals surface area contributed by atoms with Gasteiger partial charge in [-0.3, -0.25) is 0 Å². The first kappa shape index (κ1) is 10.5. The molecule has 3 rings (SSSR count). The van der Waals surface area contributed by atoms with Gasteiger partial charge in [0.2, 0.25) is 0 Å². The summed E-state index contributed by atoms with van der Waals surface area (Å²) in [6.45, 7) is 1.40. The molecule has 86 valence electrons. The molecule has 2 N–H and O–H groups in total. The van der Waals surface area contributed by atoms with Crippen LogP contribution in [0.5, 0.6) is 0 Å². The van der Waals surface area contributed by atoms with Crippen LogP contribution in [0.4, 0.5) is 0 Å². The molecule has 17 heavy (non-hydrogen) atoms. The number of benzene rings is 1. The van der Waals surface area contributed by atoms with Crippen LogP contribution in [0.15, 0.2) is 41.4 Å². The highest BCUT2D eigenvalue weighted by Gasteiger charge is 2.03. The molecule has 4 heteroatoms. The van der Waals surface area contributed by atoms with Crippen LogP contribution in [0.2, 0.25) is 0 Å². The normalized spacial score (nSPS) is 11.1. The minimum absolute atomic E-state index is 0.581. The van der Waals surface area contributed by atoms with E-state index in [0.29, 0.717) is 6.54 Å². The molecule has 0 saturated heterocycles. The van der Waals surface area contributed by atoms with Crippen molar-refractivity contribution in [1.29, 1.82) is 0 Å². The molecule has 0 amide bonds. The van der Waals surface area contributed by atoms with Gasteiger partial charge in [0.1, 0.15) is 0 Å².